The molecular weight excluding hydrogens is 167 g/mol. The van der Waals surface area contributed by atoms with E-state index in [1.165, 1.54) is 23.0 Å². The van der Waals surface area contributed by atoms with Crippen LogP contribution < -0.4 is 0 Å². The van der Waals surface area contributed by atoms with Gasteiger partial charge < -0.3 is 0 Å². The summed E-state index contributed by atoms with van der Waals surface area (Å²) in [5, 5.41) is 0. The molecule has 1 aliphatic heterocycles. The van der Waals surface area contributed by atoms with Crippen LogP contribution in [0.15, 0.2) is 47.4 Å². The van der Waals surface area contributed by atoms with E-state index in [9.17, 15) is 0 Å². The zero-order valence-electron chi connectivity index (χ0n) is 9.38. The maximum absolute atomic E-state index is 3.67. The Morgan fingerprint density at radius 3 is 2.79 bits per heavy atom. The number of allylic oxidation sites excluding steroid dienone is 6. The van der Waals surface area contributed by atoms with E-state index in [0.29, 0.717) is 0 Å². The van der Waals surface area contributed by atoms with Gasteiger partial charge in [-0.25, -0.2) is 0 Å². The highest BCUT2D eigenvalue weighted by molar-refractivity contribution is 6.54. The standard InChI is InChI=1S/C13H18B/c1-5-6-7-13-11(4)12(9-14-13)8-10(2)3/h5-7,9-10H,1,8H2,2-4H3/b7-6-. The maximum atomic E-state index is 3.67. The summed E-state index contributed by atoms with van der Waals surface area (Å²) in [6.07, 6.45) is 7.09. The molecule has 1 heterocycles. The molecule has 0 spiro atoms. The summed E-state index contributed by atoms with van der Waals surface area (Å²) in [6.45, 7) is 10.4. The molecular formula is C13H18B. The first-order chi connectivity index (χ1) is 6.65. The predicted molar refractivity (Wildman–Crippen MR) is 65.3 cm³/mol. The Bertz CT molecular complexity index is 303. The molecule has 0 nitrogen and oxygen atoms in total. The van der Waals surface area contributed by atoms with Gasteiger partial charge in [0.25, 0.3) is 0 Å². The molecule has 0 N–H and O–H groups in total. The highest BCUT2D eigenvalue weighted by Crippen LogP contribution is 2.26. The molecule has 0 bridgehead atoms. The van der Waals surface area contributed by atoms with Gasteiger partial charge in [-0.15, -0.1) is 5.98 Å². The lowest BCUT2D eigenvalue weighted by Crippen LogP contribution is -1.91. The van der Waals surface area contributed by atoms with Crippen molar-refractivity contribution in [3.05, 3.63) is 47.4 Å². The highest BCUT2D eigenvalue weighted by atomic mass is 14.1. The molecule has 0 aromatic heterocycles. The molecule has 1 aliphatic rings. The Balaban J connectivity index is 2.71. The third-order valence-corrected chi connectivity index (χ3v) is 2.42. The largest absolute Gasteiger partial charge is 0.182 e. The van der Waals surface area contributed by atoms with E-state index in [2.05, 4.69) is 46.7 Å². The lowest BCUT2D eigenvalue weighted by molar-refractivity contribution is 0.647. The summed E-state index contributed by atoms with van der Waals surface area (Å²) in [7, 11) is 2.19. The molecule has 0 aromatic carbocycles. The average molecular weight is 185 g/mol. The van der Waals surface area contributed by atoms with Gasteiger partial charge in [0, 0.05) is 0 Å². The van der Waals surface area contributed by atoms with Crippen molar-refractivity contribution in [1.82, 2.24) is 0 Å². The number of rotatable bonds is 4. The first kappa shape index (κ1) is 11.1. The van der Waals surface area contributed by atoms with E-state index in [-0.39, 0.29) is 0 Å². The van der Waals surface area contributed by atoms with Gasteiger partial charge in [0.1, 0.15) is 0 Å². The zero-order chi connectivity index (χ0) is 10.6. The fraction of sp³-hybridized carbons (Fsp3) is 0.385. The van der Waals surface area contributed by atoms with E-state index in [1.807, 2.05) is 12.2 Å². The zero-order valence-corrected chi connectivity index (χ0v) is 9.38. The number of hydrogen-bond acceptors (Lipinski definition) is 0. The van der Waals surface area contributed by atoms with E-state index < -0.39 is 0 Å². The Hall–Kier alpha value is -0.975. The fourth-order valence-corrected chi connectivity index (χ4v) is 1.64. The Morgan fingerprint density at radius 2 is 2.21 bits per heavy atom. The van der Waals surface area contributed by atoms with Crippen LogP contribution in [0.3, 0.4) is 0 Å². The van der Waals surface area contributed by atoms with Gasteiger partial charge in [-0.3, -0.25) is 0 Å². The minimum atomic E-state index is 0.729. The predicted octanol–water partition coefficient (Wildman–Crippen LogP) is 3.65. The molecule has 1 rings (SSSR count). The summed E-state index contributed by atoms with van der Waals surface area (Å²) in [4.78, 5) is 0. The maximum Gasteiger partial charge on any atom is 0.182 e. The SMILES string of the molecule is C=C/C=C\C1=C(C)C(CC(C)C)=C[B]1. The van der Waals surface area contributed by atoms with Crippen LogP contribution in [-0.2, 0) is 0 Å². The third kappa shape index (κ3) is 2.76. The van der Waals surface area contributed by atoms with Crippen LogP contribution in [-0.4, -0.2) is 7.28 Å². The third-order valence-electron chi connectivity index (χ3n) is 2.42. The van der Waals surface area contributed by atoms with Crippen LogP contribution in [0.25, 0.3) is 0 Å². The van der Waals surface area contributed by atoms with Gasteiger partial charge in [0.05, 0.1) is 0 Å². The van der Waals surface area contributed by atoms with Gasteiger partial charge in [0.2, 0.25) is 0 Å². The summed E-state index contributed by atoms with van der Waals surface area (Å²) < 4.78 is 0. The second-order valence-corrected chi connectivity index (χ2v) is 4.13. The molecule has 0 aromatic rings. The molecule has 1 heteroatoms. The second kappa shape index (κ2) is 5.04. The van der Waals surface area contributed by atoms with Crippen molar-refractivity contribution in [3.63, 3.8) is 0 Å². The smallest absolute Gasteiger partial charge is 0.113 e. The summed E-state index contributed by atoms with van der Waals surface area (Å²) in [6, 6.07) is 0. The second-order valence-electron chi connectivity index (χ2n) is 4.13. The van der Waals surface area contributed by atoms with E-state index >= 15 is 0 Å². The van der Waals surface area contributed by atoms with E-state index in [0.717, 1.165) is 5.92 Å². The normalized spacial score (nSPS) is 16.4. The van der Waals surface area contributed by atoms with Crippen molar-refractivity contribution in [2.24, 2.45) is 5.92 Å². The monoisotopic (exact) mass is 185 g/mol. The lowest BCUT2D eigenvalue weighted by atomic mass is 9.72. The van der Waals surface area contributed by atoms with Gasteiger partial charge in [-0.05, 0) is 19.3 Å². The van der Waals surface area contributed by atoms with Crippen LogP contribution in [0.2, 0.25) is 0 Å². The van der Waals surface area contributed by atoms with Crippen molar-refractivity contribution in [2.75, 3.05) is 0 Å². The summed E-state index contributed by atoms with van der Waals surface area (Å²) in [5.41, 5.74) is 4.21. The van der Waals surface area contributed by atoms with E-state index in [1.54, 1.807) is 0 Å². The summed E-state index contributed by atoms with van der Waals surface area (Å²) >= 11 is 0. The summed E-state index contributed by atoms with van der Waals surface area (Å²) in [5.74, 6) is 2.96. The van der Waals surface area contributed by atoms with Crippen LogP contribution in [0.4, 0.5) is 0 Å². The lowest BCUT2D eigenvalue weighted by Gasteiger charge is -2.08. The number of hydrogen-bond donors (Lipinski definition) is 0. The van der Waals surface area contributed by atoms with Gasteiger partial charge in [0.15, 0.2) is 7.28 Å². The van der Waals surface area contributed by atoms with Gasteiger partial charge in [-0.2, -0.15) is 0 Å². The molecule has 14 heavy (non-hydrogen) atoms. The quantitative estimate of drug-likeness (QED) is 0.463. The Labute approximate surface area is 88.3 Å². The molecule has 0 unspecified atom stereocenters. The average Bonchev–Trinajstić information content (AvgIpc) is 2.45. The molecule has 0 saturated carbocycles. The van der Waals surface area contributed by atoms with Gasteiger partial charge >= 0.3 is 0 Å². The van der Waals surface area contributed by atoms with Crippen LogP contribution in [0.5, 0.6) is 0 Å². The molecule has 73 valence electrons. The molecule has 0 amide bonds. The van der Waals surface area contributed by atoms with Crippen molar-refractivity contribution < 1.29 is 0 Å². The van der Waals surface area contributed by atoms with Crippen molar-refractivity contribution in [1.29, 1.82) is 0 Å². The Kier molecular flexibility index (Phi) is 4.00. The minimum Gasteiger partial charge on any atom is -0.113 e. The molecule has 0 fully saturated rings. The molecule has 1 radical (unpaired) electrons. The minimum absolute atomic E-state index is 0.729. The topological polar surface area (TPSA) is 0 Å². The first-order valence-corrected chi connectivity index (χ1v) is 5.19. The fourth-order valence-electron chi connectivity index (χ4n) is 1.64. The van der Waals surface area contributed by atoms with Crippen LogP contribution in [0.1, 0.15) is 27.2 Å². The van der Waals surface area contributed by atoms with Crippen molar-refractivity contribution in [3.8, 4) is 0 Å². The first-order valence-electron chi connectivity index (χ1n) is 5.19. The van der Waals surface area contributed by atoms with Crippen molar-refractivity contribution >= 4 is 7.28 Å². The van der Waals surface area contributed by atoms with Crippen molar-refractivity contribution in [2.45, 2.75) is 27.2 Å². The Morgan fingerprint density at radius 1 is 1.50 bits per heavy atom. The van der Waals surface area contributed by atoms with Crippen LogP contribution in [0, 0.1) is 5.92 Å². The van der Waals surface area contributed by atoms with Crippen LogP contribution >= 0.6 is 0 Å². The van der Waals surface area contributed by atoms with E-state index in [4.69, 9.17) is 0 Å². The highest BCUT2D eigenvalue weighted by Gasteiger charge is 2.13. The van der Waals surface area contributed by atoms with Gasteiger partial charge in [-0.1, -0.05) is 55.3 Å². The molecule has 0 atom stereocenters. The molecule has 0 saturated heterocycles. The molecule has 0 aliphatic carbocycles.